The zero-order chi connectivity index (χ0) is 44.1. The first-order chi connectivity index (χ1) is 30.4. The van der Waals surface area contributed by atoms with E-state index in [1.165, 1.54) is 17.3 Å². The van der Waals surface area contributed by atoms with Gasteiger partial charge in [0.25, 0.3) is 17.5 Å². The van der Waals surface area contributed by atoms with Gasteiger partial charge in [-0.25, -0.2) is 0 Å². The standard InChI is InChI=1S/C47H54N8O7Si/c1-32-43(63(3,4)39-17-15-38(61-2)16-18-39)42(20-26-51-30-34(21-27-56)49-50-51)62-47(32)40-28-37(55(59)60)14-19-41(40)52(45(47)58)29-33-10-12-35(13-11-33)53-31-54(36-8-6-5-7-9-36)46(44(53)57)22-24-48-25-23-46/h5-19,28,30,32,42-43,48,56H,20-27,29,31H2,1-4H3/t32-,42+,43-,47+/m0/s1. The molecule has 328 valence electrons. The fourth-order valence-electron chi connectivity index (χ4n) is 10.9. The van der Waals surface area contributed by atoms with E-state index in [4.69, 9.17) is 9.47 Å². The van der Waals surface area contributed by atoms with E-state index in [2.05, 4.69) is 64.8 Å². The van der Waals surface area contributed by atoms with E-state index < -0.39 is 30.2 Å². The number of hydrogen-bond donors (Lipinski definition) is 2. The van der Waals surface area contributed by atoms with Gasteiger partial charge < -0.3 is 29.7 Å². The Labute approximate surface area is 367 Å². The maximum Gasteiger partial charge on any atom is 0.269 e. The summed E-state index contributed by atoms with van der Waals surface area (Å²) in [6.07, 6.45) is 3.73. The first kappa shape index (κ1) is 42.4. The van der Waals surface area contributed by atoms with Gasteiger partial charge in [0.2, 0.25) is 0 Å². The molecule has 4 aliphatic heterocycles. The van der Waals surface area contributed by atoms with Crippen LogP contribution in [0.5, 0.6) is 5.75 Å². The first-order valence-electron chi connectivity index (χ1n) is 21.8. The lowest BCUT2D eigenvalue weighted by Gasteiger charge is -2.39. The number of anilines is 3. The molecule has 16 heteroatoms. The van der Waals surface area contributed by atoms with Gasteiger partial charge in [-0.3, -0.25) is 29.3 Å². The minimum atomic E-state index is -2.50. The number of amides is 2. The van der Waals surface area contributed by atoms with Gasteiger partial charge in [-0.05, 0) is 85.9 Å². The van der Waals surface area contributed by atoms with Crippen LogP contribution in [0.3, 0.4) is 0 Å². The van der Waals surface area contributed by atoms with Crippen molar-refractivity contribution in [3.8, 4) is 5.75 Å². The van der Waals surface area contributed by atoms with Crippen molar-refractivity contribution in [1.29, 1.82) is 0 Å². The Balaban J connectivity index is 1.05. The number of nitro groups is 1. The first-order valence-corrected chi connectivity index (χ1v) is 24.9. The molecule has 5 heterocycles. The van der Waals surface area contributed by atoms with Crippen molar-refractivity contribution in [2.45, 2.75) is 81.6 Å². The number of nitro benzene ring substituents is 1. The summed E-state index contributed by atoms with van der Waals surface area (Å²) in [7, 11) is -0.859. The van der Waals surface area contributed by atoms with Crippen LogP contribution in [0.25, 0.3) is 0 Å². The van der Waals surface area contributed by atoms with Crippen LogP contribution in [0.4, 0.5) is 22.7 Å². The zero-order valence-corrected chi connectivity index (χ0v) is 37.1. The molecule has 0 bridgehead atoms. The molecule has 0 aliphatic carbocycles. The topological polar surface area (TPSA) is 168 Å². The molecule has 9 rings (SSSR count). The molecule has 4 atom stereocenters. The van der Waals surface area contributed by atoms with Gasteiger partial charge in [-0.1, -0.05) is 72.9 Å². The van der Waals surface area contributed by atoms with Crippen molar-refractivity contribution >= 4 is 47.8 Å². The highest BCUT2D eigenvalue weighted by atomic mass is 28.3. The minimum Gasteiger partial charge on any atom is -0.497 e. The molecule has 3 fully saturated rings. The molecule has 4 aliphatic rings. The summed E-state index contributed by atoms with van der Waals surface area (Å²) >= 11 is 0. The lowest BCUT2D eigenvalue weighted by Crippen LogP contribution is -2.55. The number of piperidine rings is 1. The van der Waals surface area contributed by atoms with Crippen molar-refractivity contribution in [2.75, 3.05) is 48.2 Å². The number of nitrogens with one attached hydrogen (secondary N) is 1. The number of methoxy groups -OCH3 is 1. The Hall–Kier alpha value is -5.94. The molecule has 63 heavy (non-hydrogen) atoms. The monoisotopic (exact) mass is 870 g/mol. The van der Waals surface area contributed by atoms with Crippen LogP contribution in [-0.4, -0.2) is 90.0 Å². The van der Waals surface area contributed by atoms with Crippen LogP contribution in [0.1, 0.15) is 43.0 Å². The van der Waals surface area contributed by atoms with E-state index in [9.17, 15) is 20.0 Å². The van der Waals surface area contributed by atoms with E-state index in [1.807, 2.05) is 65.7 Å². The highest BCUT2D eigenvalue weighted by molar-refractivity contribution is 6.91. The number of benzene rings is 4. The molecule has 5 aromatic rings. The predicted molar refractivity (Wildman–Crippen MR) is 242 cm³/mol. The maximum atomic E-state index is 15.4. The smallest absolute Gasteiger partial charge is 0.269 e. The van der Waals surface area contributed by atoms with Gasteiger partial charge >= 0.3 is 0 Å². The van der Waals surface area contributed by atoms with Crippen LogP contribution >= 0.6 is 0 Å². The number of para-hydroxylation sites is 1. The summed E-state index contributed by atoms with van der Waals surface area (Å²) in [6, 6.07) is 30.7. The van der Waals surface area contributed by atoms with Gasteiger partial charge in [-0.15, -0.1) is 5.10 Å². The number of aromatic nitrogens is 3. The maximum absolute atomic E-state index is 15.4. The summed E-state index contributed by atoms with van der Waals surface area (Å²) < 4.78 is 14.5. The molecular formula is C47H54N8O7Si. The lowest BCUT2D eigenvalue weighted by molar-refractivity contribution is -0.385. The van der Waals surface area contributed by atoms with Gasteiger partial charge in [0.1, 0.15) is 11.3 Å². The number of carbonyl (C=O) groups excluding carboxylic acids is 2. The van der Waals surface area contributed by atoms with Crippen molar-refractivity contribution in [1.82, 2.24) is 20.3 Å². The van der Waals surface area contributed by atoms with Crippen LogP contribution < -0.4 is 29.9 Å². The zero-order valence-electron chi connectivity index (χ0n) is 36.1. The van der Waals surface area contributed by atoms with Crippen molar-refractivity contribution in [3.05, 3.63) is 130 Å². The highest BCUT2D eigenvalue weighted by Gasteiger charge is 2.66. The third-order valence-electron chi connectivity index (χ3n) is 14.2. The molecular weight excluding hydrogens is 817 g/mol. The molecule has 3 saturated heterocycles. The van der Waals surface area contributed by atoms with Crippen LogP contribution in [-0.2, 0) is 39.4 Å². The number of nitrogens with zero attached hydrogens (tertiary/aromatic N) is 7. The quantitative estimate of drug-likeness (QED) is 0.0870. The number of aliphatic hydroxyl groups is 1. The number of aliphatic hydroxyl groups excluding tert-OH is 1. The second kappa shape index (κ2) is 16.6. The van der Waals surface area contributed by atoms with Gasteiger partial charge in [0, 0.05) is 60.8 Å². The Morgan fingerprint density at radius 2 is 1.70 bits per heavy atom. The van der Waals surface area contributed by atoms with Gasteiger partial charge in [0.05, 0.1) is 50.8 Å². The summed E-state index contributed by atoms with van der Waals surface area (Å²) in [6.45, 7) is 9.23. The summed E-state index contributed by atoms with van der Waals surface area (Å²) in [5.41, 5.74) is 2.05. The minimum absolute atomic E-state index is 0.0349. The van der Waals surface area contributed by atoms with E-state index in [0.29, 0.717) is 55.8 Å². The van der Waals surface area contributed by atoms with Crippen molar-refractivity contribution in [3.63, 3.8) is 0 Å². The second-order valence-corrected chi connectivity index (χ2v) is 22.5. The molecule has 0 unspecified atom stereocenters. The molecule has 0 radical (unpaired) electrons. The van der Waals surface area contributed by atoms with Crippen LogP contribution in [0, 0.1) is 16.0 Å². The van der Waals surface area contributed by atoms with Crippen LogP contribution in [0.2, 0.25) is 18.6 Å². The SMILES string of the molecule is COc1ccc([Si](C)(C)[C@@H]2[C@@H](CCn3cc(CCO)nn3)O[C@]3(C(=O)N(Cc4ccc(N5CN(c6ccccc6)C6(CCNCC6)C5=O)cc4)c4ccc([N+](=O)[O-])cc43)[C@H]2C)cc1. The Morgan fingerprint density at radius 3 is 2.38 bits per heavy atom. The Kier molecular flexibility index (Phi) is 11.2. The second-order valence-electron chi connectivity index (χ2n) is 17.8. The molecule has 2 N–H and O–H groups in total. The lowest BCUT2D eigenvalue weighted by atomic mass is 9.82. The molecule has 15 nitrogen and oxygen atoms in total. The summed E-state index contributed by atoms with van der Waals surface area (Å²) in [4.78, 5) is 47.6. The summed E-state index contributed by atoms with van der Waals surface area (Å²) in [5.74, 6) is 0.206. The normalized spacial score (nSPS) is 23.0. The number of ether oxygens (including phenoxy) is 2. The highest BCUT2D eigenvalue weighted by Crippen LogP contribution is 2.60. The number of hydrogen-bond acceptors (Lipinski definition) is 11. The average molecular weight is 871 g/mol. The van der Waals surface area contributed by atoms with Gasteiger partial charge in [-0.2, -0.15) is 0 Å². The average Bonchev–Trinajstić information content (AvgIpc) is 4.02. The van der Waals surface area contributed by atoms with E-state index >= 15 is 4.79 Å². The summed E-state index contributed by atoms with van der Waals surface area (Å²) in [5, 5.41) is 34.9. The third-order valence-corrected chi connectivity index (χ3v) is 18.5. The van der Waals surface area contributed by atoms with Crippen molar-refractivity contribution in [2.24, 2.45) is 5.92 Å². The molecule has 2 spiro atoms. The molecule has 0 saturated carbocycles. The molecule has 1 aromatic heterocycles. The third kappa shape index (κ3) is 7.18. The number of rotatable bonds is 13. The number of non-ortho nitro benzene ring substituents is 1. The number of fused-ring (bicyclic) bond motifs is 2. The predicted octanol–water partition coefficient (Wildman–Crippen LogP) is 5.52. The van der Waals surface area contributed by atoms with Crippen LogP contribution in [0.15, 0.2) is 103 Å². The van der Waals surface area contributed by atoms with Crippen molar-refractivity contribution < 1.29 is 29.1 Å². The Bertz CT molecular complexity index is 2500. The largest absolute Gasteiger partial charge is 0.497 e. The van der Waals surface area contributed by atoms with Gasteiger partial charge in [0.15, 0.2) is 5.60 Å². The molecule has 2 amide bonds. The fraction of sp³-hybridized carbons (Fsp3) is 0.404. The number of aryl methyl sites for hydroxylation is 1. The number of carbonyl (C=O) groups is 2. The van der Waals surface area contributed by atoms with E-state index in [-0.39, 0.29) is 42.1 Å². The van der Waals surface area contributed by atoms with E-state index in [0.717, 1.165) is 35.8 Å². The Morgan fingerprint density at radius 1 is 0.968 bits per heavy atom. The fourth-order valence-corrected chi connectivity index (χ4v) is 15.0. The van der Waals surface area contributed by atoms with E-state index in [1.54, 1.807) is 22.8 Å². The molecule has 4 aromatic carbocycles.